The molecule has 5 heteroatoms. The number of aliphatic hydroxyl groups is 1. The van der Waals surface area contributed by atoms with E-state index in [0.717, 1.165) is 17.7 Å². The Hall–Kier alpha value is -2.40. The normalized spacial score (nSPS) is 13.5. The van der Waals surface area contributed by atoms with E-state index in [1.807, 2.05) is 18.2 Å². The molecule has 0 spiro atoms. The SMILES string of the molecule is CC(CO)(NC(=O)c1cc(N)cc(F)c1)c1ccccc1. The number of rotatable bonds is 4. The average molecular weight is 288 g/mol. The third-order valence-corrected chi connectivity index (χ3v) is 3.30. The second kappa shape index (κ2) is 5.93. The fourth-order valence-corrected chi connectivity index (χ4v) is 2.08. The standard InChI is InChI=1S/C16H17FN2O2/c1-16(10-20,12-5-3-2-4-6-12)19-15(21)11-7-13(17)9-14(18)8-11/h2-9,20H,10,18H2,1H3,(H,19,21). The van der Waals surface area contributed by atoms with Crippen molar-refractivity contribution < 1.29 is 14.3 Å². The Morgan fingerprint density at radius 2 is 1.95 bits per heavy atom. The van der Waals surface area contributed by atoms with Crippen molar-refractivity contribution in [3.63, 3.8) is 0 Å². The molecule has 2 rings (SSSR count). The fraction of sp³-hybridized carbons (Fsp3) is 0.188. The van der Waals surface area contributed by atoms with Gasteiger partial charge in [0.2, 0.25) is 0 Å². The number of amides is 1. The number of hydrogen-bond acceptors (Lipinski definition) is 3. The molecule has 1 amide bonds. The van der Waals surface area contributed by atoms with Gasteiger partial charge in [0.05, 0.1) is 12.1 Å². The zero-order valence-electron chi connectivity index (χ0n) is 11.6. The first kappa shape index (κ1) is 15.0. The molecule has 2 aromatic rings. The summed E-state index contributed by atoms with van der Waals surface area (Å²) in [7, 11) is 0. The minimum absolute atomic E-state index is 0.114. The van der Waals surface area contributed by atoms with E-state index in [4.69, 9.17) is 5.73 Å². The molecule has 0 saturated carbocycles. The van der Waals surface area contributed by atoms with Crippen LogP contribution >= 0.6 is 0 Å². The number of nitrogens with two attached hydrogens (primary N) is 1. The van der Waals surface area contributed by atoms with E-state index < -0.39 is 17.3 Å². The molecule has 4 N–H and O–H groups in total. The van der Waals surface area contributed by atoms with Gasteiger partial charge >= 0.3 is 0 Å². The minimum Gasteiger partial charge on any atom is -0.399 e. The molecular formula is C16H17FN2O2. The Bertz CT molecular complexity index is 626. The molecule has 2 aromatic carbocycles. The van der Waals surface area contributed by atoms with E-state index in [9.17, 15) is 14.3 Å². The number of anilines is 1. The van der Waals surface area contributed by atoms with Crippen LogP contribution in [-0.4, -0.2) is 17.6 Å². The largest absolute Gasteiger partial charge is 0.399 e. The van der Waals surface area contributed by atoms with E-state index in [1.165, 1.54) is 6.07 Å². The van der Waals surface area contributed by atoms with E-state index in [2.05, 4.69) is 5.32 Å². The van der Waals surface area contributed by atoms with Gasteiger partial charge in [-0.3, -0.25) is 4.79 Å². The van der Waals surface area contributed by atoms with E-state index in [-0.39, 0.29) is 17.9 Å². The second-order valence-electron chi connectivity index (χ2n) is 5.08. The molecule has 0 aromatic heterocycles. The molecule has 0 aliphatic rings. The first-order chi connectivity index (χ1) is 9.94. The van der Waals surface area contributed by atoms with Crippen molar-refractivity contribution in [2.24, 2.45) is 0 Å². The predicted molar refractivity (Wildman–Crippen MR) is 79.2 cm³/mol. The van der Waals surface area contributed by atoms with Crippen molar-refractivity contribution in [1.29, 1.82) is 0 Å². The van der Waals surface area contributed by atoms with Crippen LogP contribution in [0.2, 0.25) is 0 Å². The van der Waals surface area contributed by atoms with Crippen LogP contribution in [0.25, 0.3) is 0 Å². The number of carbonyl (C=O) groups excluding carboxylic acids is 1. The average Bonchev–Trinajstić information content (AvgIpc) is 2.47. The molecule has 1 atom stereocenters. The molecule has 0 aliphatic carbocycles. The van der Waals surface area contributed by atoms with Gasteiger partial charge in [0.1, 0.15) is 5.82 Å². The highest BCUT2D eigenvalue weighted by atomic mass is 19.1. The van der Waals surface area contributed by atoms with Crippen LogP contribution in [0.5, 0.6) is 0 Å². The second-order valence-corrected chi connectivity index (χ2v) is 5.08. The first-order valence-electron chi connectivity index (χ1n) is 6.49. The number of benzene rings is 2. The minimum atomic E-state index is -0.959. The predicted octanol–water partition coefficient (Wildman–Crippen LogP) is 2.05. The lowest BCUT2D eigenvalue weighted by Crippen LogP contribution is -2.46. The number of hydrogen-bond donors (Lipinski definition) is 3. The molecule has 1 unspecified atom stereocenters. The zero-order valence-corrected chi connectivity index (χ0v) is 11.6. The van der Waals surface area contributed by atoms with Gasteiger partial charge in [-0.05, 0) is 30.7 Å². The molecule has 0 fully saturated rings. The molecule has 0 aliphatic heterocycles. The maximum atomic E-state index is 13.3. The zero-order chi connectivity index (χ0) is 15.5. The summed E-state index contributed by atoms with van der Waals surface area (Å²) in [6.45, 7) is 1.41. The van der Waals surface area contributed by atoms with Gasteiger partial charge in [-0.15, -0.1) is 0 Å². The van der Waals surface area contributed by atoms with Crippen LogP contribution in [0.15, 0.2) is 48.5 Å². The number of carbonyl (C=O) groups is 1. The molecule has 4 nitrogen and oxygen atoms in total. The van der Waals surface area contributed by atoms with Crippen LogP contribution in [0.3, 0.4) is 0 Å². The van der Waals surface area contributed by atoms with Crippen LogP contribution < -0.4 is 11.1 Å². The summed E-state index contributed by atoms with van der Waals surface area (Å²) >= 11 is 0. The highest BCUT2D eigenvalue weighted by Crippen LogP contribution is 2.21. The van der Waals surface area contributed by atoms with Crippen LogP contribution in [0.4, 0.5) is 10.1 Å². The monoisotopic (exact) mass is 288 g/mol. The molecule has 110 valence electrons. The van der Waals surface area contributed by atoms with Crippen molar-refractivity contribution >= 4 is 11.6 Å². The summed E-state index contributed by atoms with van der Waals surface area (Å²) in [6.07, 6.45) is 0. The molecule has 0 heterocycles. The Morgan fingerprint density at radius 1 is 1.29 bits per heavy atom. The third-order valence-electron chi connectivity index (χ3n) is 3.30. The van der Waals surface area contributed by atoms with E-state index in [1.54, 1.807) is 19.1 Å². The number of nitrogens with one attached hydrogen (secondary N) is 1. The Morgan fingerprint density at radius 3 is 2.52 bits per heavy atom. The lowest BCUT2D eigenvalue weighted by atomic mass is 9.92. The Kier molecular flexibility index (Phi) is 4.23. The summed E-state index contributed by atoms with van der Waals surface area (Å²) in [4.78, 5) is 12.3. The maximum Gasteiger partial charge on any atom is 0.252 e. The number of halogens is 1. The summed E-state index contributed by atoms with van der Waals surface area (Å²) < 4.78 is 13.3. The van der Waals surface area contributed by atoms with Gasteiger partial charge in [-0.1, -0.05) is 30.3 Å². The van der Waals surface area contributed by atoms with Gasteiger partial charge in [-0.2, -0.15) is 0 Å². The lowest BCUT2D eigenvalue weighted by Gasteiger charge is -2.29. The quantitative estimate of drug-likeness (QED) is 0.754. The molecule has 0 radical (unpaired) electrons. The van der Waals surface area contributed by atoms with Crippen molar-refractivity contribution in [2.45, 2.75) is 12.5 Å². The summed E-state index contributed by atoms with van der Waals surface area (Å²) in [6, 6.07) is 12.7. The highest BCUT2D eigenvalue weighted by Gasteiger charge is 2.28. The summed E-state index contributed by atoms with van der Waals surface area (Å²) in [5, 5.41) is 12.3. The molecule has 0 bridgehead atoms. The van der Waals surface area contributed by atoms with Gasteiger partial charge in [0.15, 0.2) is 0 Å². The van der Waals surface area contributed by atoms with Gasteiger partial charge in [0.25, 0.3) is 5.91 Å². The smallest absolute Gasteiger partial charge is 0.252 e. The number of nitrogen functional groups attached to an aromatic ring is 1. The van der Waals surface area contributed by atoms with E-state index in [0.29, 0.717) is 0 Å². The van der Waals surface area contributed by atoms with Crippen molar-refractivity contribution in [3.05, 3.63) is 65.5 Å². The topological polar surface area (TPSA) is 75.3 Å². The van der Waals surface area contributed by atoms with Crippen molar-refractivity contribution in [3.8, 4) is 0 Å². The van der Waals surface area contributed by atoms with Crippen LogP contribution in [-0.2, 0) is 5.54 Å². The van der Waals surface area contributed by atoms with E-state index >= 15 is 0 Å². The highest BCUT2D eigenvalue weighted by molar-refractivity contribution is 5.95. The van der Waals surface area contributed by atoms with Crippen molar-refractivity contribution in [1.82, 2.24) is 5.32 Å². The summed E-state index contributed by atoms with van der Waals surface area (Å²) in [5.74, 6) is -1.08. The Balaban J connectivity index is 2.28. The van der Waals surface area contributed by atoms with Gasteiger partial charge < -0.3 is 16.2 Å². The maximum absolute atomic E-state index is 13.3. The van der Waals surface area contributed by atoms with Crippen LogP contribution in [0.1, 0.15) is 22.8 Å². The van der Waals surface area contributed by atoms with Gasteiger partial charge in [-0.25, -0.2) is 4.39 Å². The summed E-state index contributed by atoms with van der Waals surface area (Å²) in [5.41, 5.74) is 5.62. The third kappa shape index (κ3) is 3.38. The molecular weight excluding hydrogens is 271 g/mol. The Labute approximate surface area is 122 Å². The number of aliphatic hydroxyl groups excluding tert-OH is 1. The van der Waals surface area contributed by atoms with Crippen molar-refractivity contribution in [2.75, 3.05) is 12.3 Å². The molecule has 21 heavy (non-hydrogen) atoms. The molecule has 0 saturated heterocycles. The lowest BCUT2D eigenvalue weighted by molar-refractivity contribution is 0.0849. The first-order valence-corrected chi connectivity index (χ1v) is 6.49. The van der Waals surface area contributed by atoms with Crippen LogP contribution in [0, 0.1) is 5.82 Å². The fourth-order valence-electron chi connectivity index (χ4n) is 2.08. The van der Waals surface area contributed by atoms with Gasteiger partial charge in [0, 0.05) is 11.3 Å².